The van der Waals surface area contributed by atoms with Crippen LogP contribution < -0.4 is 0 Å². The summed E-state index contributed by atoms with van der Waals surface area (Å²) in [5.74, 6) is 1.50. The van der Waals surface area contributed by atoms with Crippen LogP contribution in [-0.4, -0.2) is 24.6 Å². The van der Waals surface area contributed by atoms with Crippen LogP contribution in [0.5, 0.6) is 0 Å². The molecular weight excluding hydrogens is 472 g/mol. The van der Waals surface area contributed by atoms with E-state index in [1.807, 2.05) is 0 Å². The van der Waals surface area contributed by atoms with Gasteiger partial charge in [0.1, 0.15) is 6.10 Å². The normalized spacial score (nSPS) is 46.8. The van der Waals surface area contributed by atoms with E-state index in [-0.39, 0.29) is 45.1 Å². The second-order valence-corrected chi connectivity index (χ2v) is 16.4. The summed E-state index contributed by atoms with van der Waals surface area (Å²) >= 11 is 0. The minimum atomic E-state index is -0.142. The summed E-state index contributed by atoms with van der Waals surface area (Å²) in [6.45, 7) is 21.1. The van der Waals surface area contributed by atoms with Crippen LogP contribution in [-0.2, 0) is 19.1 Å². The predicted octanol–water partition coefficient (Wildman–Crippen LogP) is 8.28. The fraction of sp³-hybridized carbons (Fsp3) is 0.882. The predicted molar refractivity (Wildman–Crippen MR) is 151 cm³/mol. The summed E-state index contributed by atoms with van der Waals surface area (Å²) in [5.41, 5.74) is 2.76. The Morgan fingerprint density at radius 1 is 0.789 bits per heavy atom. The second kappa shape index (κ2) is 8.84. The lowest BCUT2D eigenvalue weighted by molar-refractivity contribution is -0.200. The minimum absolute atomic E-state index is 0.00568. The fourth-order valence-electron chi connectivity index (χ4n) is 11.5. The molecule has 4 heteroatoms. The van der Waals surface area contributed by atoms with Crippen LogP contribution in [0, 0.1) is 50.2 Å². The molecule has 0 aliphatic heterocycles. The highest BCUT2D eigenvalue weighted by atomic mass is 16.5. The van der Waals surface area contributed by atoms with Crippen molar-refractivity contribution in [3.63, 3.8) is 0 Å². The molecule has 5 aliphatic rings. The molecule has 0 aromatic rings. The van der Waals surface area contributed by atoms with Crippen LogP contribution in [0.15, 0.2) is 11.6 Å². The van der Waals surface area contributed by atoms with E-state index in [0.29, 0.717) is 29.8 Å². The average molecular weight is 527 g/mol. The van der Waals surface area contributed by atoms with Gasteiger partial charge in [0.05, 0.1) is 6.61 Å². The Kier molecular flexibility index (Phi) is 6.56. The average Bonchev–Trinajstić information content (AvgIpc) is 2.79. The van der Waals surface area contributed by atoms with Gasteiger partial charge in [-0.05, 0) is 104 Å². The molecule has 38 heavy (non-hydrogen) atoms. The lowest BCUT2D eigenvalue weighted by Gasteiger charge is -2.70. The zero-order valence-electron chi connectivity index (χ0n) is 25.8. The summed E-state index contributed by atoms with van der Waals surface area (Å²) < 4.78 is 11.7. The fourth-order valence-corrected chi connectivity index (χ4v) is 11.5. The van der Waals surface area contributed by atoms with E-state index in [1.165, 1.54) is 38.5 Å². The van der Waals surface area contributed by atoms with Crippen molar-refractivity contribution >= 4 is 11.9 Å². The summed E-state index contributed by atoms with van der Waals surface area (Å²) in [5, 5.41) is 0. The van der Waals surface area contributed by atoms with E-state index in [4.69, 9.17) is 9.47 Å². The molecule has 5 rings (SSSR count). The van der Waals surface area contributed by atoms with Crippen molar-refractivity contribution in [1.29, 1.82) is 0 Å². The maximum atomic E-state index is 11.9. The number of fused-ring (bicyclic) bond motifs is 7. The van der Waals surface area contributed by atoms with Gasteiger partial charge in [0, 0.05) is 24.7 Å². The molecule has 214 valence electrons. The van der Waals surface area contributed by atoms with Crippen molar-refractivity contribution in [2.75, 3.05) is 6.61 Å². The van der Waals surface area contributed by atoms with Crippen molar-refractivity contribution < 1.29 is 19.1 Å². The summed E-state index contributed by atoms with van der Waals surface area (Å²) in [4.78, 5) is 23.9. The zero-order valence-corrected chi connectivity index (χ0v) is 25.8. The molecule has 0 radical (unpaired) electrons. The Hall–Kier alpha value is -1.32. The Bertz CT molecular complexity index is 1020. The highest BCUT2D eigenvalue weighted by Gasteiger charge is 2.67. The molecule has 0 heterocycles. The molecule has 5 aliphatic carbocycles. The highest BCUT2D eigenvalue weighted by Crippen LogP contribution is 2.75. The Morgan fingerprint density at radius 2 is 1.42 bits per heavy atom. The number of carbonyl (C=O) groups excluding carboxylic acids is 2. The second-order valence-electron chi connectivity index (χ2n) is 16.4. The molecule has 4 nitrogen and oxygen atoms in total. The molecule has 0 unspecified atom stereocenters. The number of carbonyl (C=O) groups is 2. The zero-order chi connectivity index (χ0) is 27.9. The van der Waals surface area contributed by atoms with Gasteiger partial charge in [-0.3, -0.25) is 9.59 Å². The van der Waals surface area contributed by atoms with E-state index in [2.05, 4.69) is 54.5 Å². The van der Waals surface area contributed by atoms with Gasteiger partial charge < -0.3 is 9.47 Å². The van der Waals surface area contributed by atoms with E-state index >= 15 is 0 Å². The Morgan fingerprint density at radius 3 is 2.05 bits per heavy atom. The van der Waals surface area contributed by atoms with Crippen LogP contribution in [0.25, 0.3) is 0 Å². The van der Waals surface area contributed by atoms with Crippen molar-refractivity contribution in [1.82, 2.24) is 0 Å². The van der Waals surface area contributed by atoms with E-state index < -0.39 is 0 Å². The number of rotatable bonds is 3. The first-order valence-electron chi connectivity index (χ1n) is 15.5. The third-order valence-electron chi connectivity index (χ3n) is 13.3. The third kappa shape index (κ3) is 4.04. The Balaban J connectivity index is 1.52. The van der Waals surface area contributed by atoms with E-state index in [0.717, 1.165) is 25.7 Å². The lowest BCUT2D eigenvalue weighted by atomic mass is 9.34. The number of hydrogen-bond donors (Lipinski definition) is 0. The van der Waals surface area contributed by atoms with Crippen molar-refractivity contribution in [3.8, 4) is 0 Å². The highest BCUT2D eigenvalue weighted by molar-refractivity contribution is 5.66. The summed E-state index contributed by atoms with van der Waals surface area (Å²) in [6.07, 6.45) is 14.4. The van der Waals surface area contributed by atoms with Crippen LogP contribution in [0.1, 0.15) is 127 Å². The van der Waals surface area contributed by atoms with Gasteiger partial charge in [-0.2, -0.15) is 0 Å². The quantitative estimate of drug-likeness (QED) is 0.274. The molecule has 8 atom stereocenters. The smallest absolute Gasteiger partial charge is 0.302 e. The van der Waals surface area contributed by atoms with Gasteiger partial charge in [-0.15, -0.1) is 0 Å². The molecule has 4 saturated carbocycles. The maximum absolute atomic E-state index is 11.9. The molecule has 0 N–H and O–H groups in total. The molecule has 4 fully saturated rings. The third-order valence-corrected chi connectivity index (χ3v) is 13.3. The van der Waals surface area contributed by atoms with Crippen LogP contribution in [0.3, 0.4) is 0 Å². The van der Waals surface area contributed by atoms with Gasteiger partial charge >= 0.3 is 11.9 Å². The van der Waals surface area contributed by atoms with Crippen molar-refractivity contribution in [2.24, 2.45) is 50.2 Å². The van der Waals surface area contributed by atoms with Crippen molar-refractivity contribution in [3.05, 3.63) is 11.6 Å². The first kappa shape index (κ1) is 28.2. The monoisotopic (exact) mass is 526 g/mol. The largest absolute Gasteiger partial charge is 0.465 e. The molecule has 0 saturated heterocycles. The number of allylic oxidation sites excluding steroid dienone is 2. The summed E-state index contributed by atoms with van der Waals surface area (Å²) in [7, 11) is 0. The number of ether oxygens (including phenoxy) is 2. The van der Waals surface area contributed by atoms with Gasteiger partial charge in [0.2, 0.25) is 0 Å². The topological polar surface area (TPSA) is 52.6 Å². The minimum Gasteiger partial charge on any atom is -0.465 e. The van der Waals surface area contributed by atoms with E-state index in [9.17, 15) is 9.59 Å². The lowest BCUT2D eigenvalue weighted by Crippen LogP contribution is -2.63. The summed E-state index contributed by atoms with van der Waals surface area (Å²) in [6, 6.07) is 0. The molecule has 0 aromatic heterocycles. The van der Waals surface area contributed by atoms with Gasteiger partial charge in [-0.1, -0.05) is 60.1 Å². The number of hydrogen-bond acceptors (Lipinski definition) is 4. The van der Waals surface area contributed by atoms with Crippen molar-refractivity contribution in [2.45, 2.75) is 133 Å². The molecule has 0 aromatic carbocycles. The molecular formula is C34H54O4. The molecule has 0 bridgehead atoms. The van der Waals surface area contributed by atoms with Gasteiger partial charge in [-0.25, -0.2) is 0 Å². The molecule has 0 amide bonds. The number of esters is 2. The first-order valence-corrected chi connectivity index (χ1v) is 15.5. The SMILES string of the molecule is CC(=O)OC[C@@]12CC=C3[C@]4(C)CC[C@H]5C(C)(C)[C@@H](OC(C)=O)CC[C@]5(C)[C@H]4CC[C@@]3(C)[C@@H]1CC(C)(C)CC2. The Labute approximate surface area is 232 Å². The first-order chi connectivity index (χ1) is 17.5. The molecule has 0 spiro atoms. The van der Waals surface area contributed by atoms with Crippen LogP contribution >= 0.6 is 0 Å². The van der Waals surface area contributed by atoms with Crippen LogP contribution in [0.4, 0.5) is 0 Å². The standard InChI is InChI=1S/C34H54O4/c1-22(35)37-21-34-17-12-26-32(8)14-10-24-30(5,6)28(38-23(2)36)13-16-31(24,7)25(32)11-15-33(26,9)27(34)20-29(3,4)18-19-34/h12,24-25,27-28H,10-11,13-21H2,1-9H3/t24-,25+,27-,28-,31-,32+,33+,34-/m0/s1. The van der Waals surface area contributed by atoms with Gasteiger partial charge in [0.15, 0.2) is 0 Å². The van der Waals surface area contributed by atoms with E-state index in [1.54, 1.807) is 19.4 Å². The van der Waals surface area contributed by atoms with Crippen LogP contribution in [0.2, 0.25) is 0 Å². The van der Waals surface area contributed by atoms with Gasteiger partial charge in [0.25, 0.3) is 0 Å². The maximum Gasteiger partial charge on any atom is 0.302 e.